The van der Waals surface area contributed by atoms with Crippen LogP contribution in [0.15, 0.2) is 36.4 Å². The zero-order valence-corrected chi connectivity index (χ0v) is 10.9. The van der Waals surface area contributed by atoms with Gasteiger partial charge in [0.2, 0.25) is 0 Å². The number of rotatable bonds is 5. The molecule has 0 aliphatic heterocycles. The molecule has 0 aliphatic carbocycles. The van der Waals surface area contributed by atoms with Crippen molar-refractivity contribution in [1.29, 1.82) is 5.26 Å². The number of hydrogen-bond donors (Lipinski definition) is 2. The number of benzene rings is 1. The standard InChI is InChI=1S/C14H12N2O2S/c15-7-10-2-1-3-11(6-10)8-16-9-12-4-5-13(19-12)14(17)18/h1-6,16H,8-9H2,(H,17,18). The molecule has 0 saturated heterocycles. The zero-order chi connectivity index (χ0) is 13.7. The summed E-state index contributed by atoms with van der Waals surface area (Å²) >= 11 is 1.27. The summed E-state index contributed by atoms with van der Waals surface area (Å²) in [5.74, 6) is -0.891. The molecule has 1 aromatic heterocycles. The number of nitrogens with one attached hydrogen (secondary N) is 1. The molecule has 19 heavy (non-hydrogen) atoms. The molecule has 4 nitrogen and oxygen atoms in total. The second-order valence-corrected chi connectivity index (χ2v) is 5.16. The summed E-state index contributed by atoms with van der Waals surface area (Å²) < 4.78 is 0. The Hall–Kier alpha value is -2.16. The van der Waals surface area contributed by atoms with Crippen LogP contribution in [0.4, 0.5) is 0 Å². The molecule has 96 valence electrons. The molecule has 1 heterocycles. The van der Waals surface area contributed by atoms with Crippen molar-refractivity contribution in [1.82, 2.24) is 5.32 Å². The number of aromatic carboxylic acids is 1. The van der Waals surface area contributed by atoms with Crippen molar-refractivity contribution in [3.63, 3.8) is 0 Å². The fourth-order valence-corrected chi connectivity index (χ4v) is 2.48. The summed E-state index contributed by atoms with van der Waals surface area (Å²) in [5, 5.41) is 20.8. The van der Waals surface area contributed by atoms with Crippen molar-refractivity contribution < 1.29 is 9.90 Å². The summed E-state index contributed by atoms with van der Waals surface area (Å²) in [4.78, 5) is 12.1. The van der Waals surface area contributed by atoms with E-state index in [9.17, 15) is 4.79 Å². The van der Waals surface area contributed by atoms with Gasteiger partial charge in [0.1, 0.15) is 4.88 Å². The fourth-order valence-electron chi connectivity index (χ4n) is 1.67. The van der Waals surface area contributed by atoms with E-state index in [1.54, 1.807) is 12.1 Å². The fraction of sp³-hybridized carbons (Fsp3) is 0.143. The Balaban J connectivity index is 1.89. The number of carboxylic acids is 1. The maximum atomic E-state index is 10.7. The van der Waals surface area contributed by atoms with Gasteiger partial charge in [-0.05, 0) is 29.8 Å². The van der Waals surface area contributed by atoms with Crippen LogP contribution in [0.25, 0.3) is 0 Å². The number of carboxylic acid groups (broad SMARTS) is 1. The molecule has 0 radical (unpaired) electrons. The largest absolute Gasteiger partial charge is 0.477 e. The predicted molar refractivity (Wildman–Crippen MR) is 73.0 cm³/mol. The van der Waals surface area contributed by atoms with E-state index in [0.29, 0.717) is 23.5 Å². The highest BCUT2D eigenvalue weighted by molar-refractivity contribution is 7.13. The Morgan fingerprint density at radius 3 is 2.84 bits per heavy atom. The van der Waals surface area contributed by atoms with Gasteiger partial charge in [0.05, 0.1) is 11.6 Å². The summed E-state index contributed by atoms with van der Waals surface area (Å²) in [6.45, 7) is 1.27. The van der Waals surface area contributed by atoms with Crippen LogP contribution >= 0.6 is 11.3 Å². The van der Waals surface area contributed by atoms with E-state index in [0.717, 1.165) is 10.4 Å². The van der Waals surface area contributed by atoms with Gasteiger partial charge in [-0.1, -0.05) is 12.1 Å². The lowest BCUT2D eigenvalue weighted by molar-refractivity contribution is 0.0702. The molecule has 2 rings (SSSR count). The number of thiophene rings is 1. The van der Waals surface area contributed by atoms with E-state index in [4.69, 9.17) is 10.4 Å². The van der Waals surface area contributed by atoms with Crippen LogP contribution in [-0.4, -0.2) is 11.1 Å². The van der Waals surface area contributed by atoms with Gasteiger partial charge in [0.25, 0.3) is 0 Å². The highest BCUT2D eigenvalue weighted by Crippen LogP contribution is 2.16. The molecule has 2 aromatic rings. The second kappa shape index (κ2) is 6.14. The average molecular weight is 272 g/mol. The van der Waals surface area contributed by atoms with Crippen molar-refractivity contribution >= 4 is 17.3 Å². The molecule has 0 atom stereocenters. The smallest absolute Gasteiger partial charge is 0.345 e. The number of nitrogens with zero attached hydrogens (tertiary/aromatic N) is 1. The SMILES string of the molecule is N#Cc1cccc(CNCc2ccc(C(=O)O)s2)c1. The van der Waals surface area contributed by atoms with Crippen LogP contribution < -0.4 is 5.32 Å². The number of hydrogen-bond acceptors (Lipinski definition) is 4. The predicted octanol–water partition coefficient (Wildman–Crippen LogP) is 2.61. The molecule has 5 heteroatoms. The van der Waals surface area contributed by atoms with Gasteiger partial charge in [0.15, 0.2) is 0 Å². The van der Waals surface area contributed by atoms with E-state index < -0.39 is 5.97 Å². The molecule has 0 bridgehead atoms. The maximum Gasteiger partial charge on any atom is 0.345 e. The Morgan fingerprint density at radius 1 is 1.32 bits per heavy atom. The van der Waals surface area contributed by atoms with E-state index >= 15 is 0 Å². The van der Waals surface area contributed by atoms with Crippen molar-refractivity contribution in [2.75, 3.05) is 0 Å². The molecule has 2 N–H and O–H groups in total. The minimum atomic E-state index is -0.891. The minimum absolute atomic E-state index is 0.350. The normalized spacial score (nSPS) is 10.1. The van der Waals surface area contributed by atoms with Gasteiger partial charge in [-0.15, -0.1) is 11.3 Å². The monoisotopic (exact) mass is 272 g/mol. The number of nitriles is 1. The molecule has 1 aromatic carbocycles. The highest BCUT2D eigenvalue weighted by atomic mass is 32.1. The van der Waals surface area contributed by atoms with Gasteiger partial charge in [-0.25, -0.2) is 4.79 Å². The first-order chi connectivity index (χ1) is 9.19. The Labute approximate surface area is 114 Å². The Bertz CT molecular complexity index is 628. The summed E-state index contributed by atoms with van der Waals surface area (Å²) in [5.41, 5.74) is 1.68. The summed E-state index contributed by atoms with van der Waals surface area (Å²) in [6.07, 6.45) is 0. The molecule has 0 saturated carbocycles. The van der Waals surface area contributed by atoms with Gasteiger partial charge in [-0.3, -0.25) is 0 Å². The molecule has 0 aliphatic rings. The summed E-state index contributed by atoms with van der Waals surface area (Å²) in [6, 6.07) is 12.9. The molecule has 0 fully saturated rings. The lowest BCUT2D eigenvalue weighted by atomic mass is 10.1. The molecule has 0 spiro atoms. The first-order valence-electron chi connectivity index (χ1n) is 5.71. The first-order valence-corrected chi connectivity index (χ1v) is 6.52. The Morgan fingerprint density at radius 2 is 2.16 bits per heavy atom. The van der Waals surface area contributed by atoms with E-state index in [1.807, 2.05) is 24.3 Å². The van der Waals surface area contributed by atoms with Gasteiger partial charge in [-0.2, -0.15) is 5.26 Å². The highest BCUT2D eigenvalue weighted by Gasteiger charge is 2.06. The number of carbonyl (C=O) groups is 1. The van der Waals surface area contributed by atoms with Crippen molar-refractivity contribution in [3.8, 4) is 6.07 Å². The zero-order valence-electron chi connectivity index (χ0n) is 10.1. The average Bonchev–Trinajstić information content (AvgIpc) is 2.88. The van der Waals surface area contributed by atoms with Crippen molar-refractivity contribution in [2.45, 2.75) is 13.1 Å². The van der Waals surface area contributed by atoms with Crippen LogP contribution in [0.3, 0.4) is 0 Å². The lowest BCUT2D eigenvalue weighted by Crippen LogP contribution is -2.11. The summed E-state index contributed by atoms with van der Waals surface area (Å²) in [7, 11) is 0. The van der Waals surface area contributed by atoms with Crippen LogP contribution in [-0.2, 0) is 13.1 Å². The topological polar surface area (TPSA) is 73.1 Å². The van der Waals surface area contributed by atoms with Crippen LogP contribution in [0.1, 0.15) is 25.7 Å². The van der Waals surface area contributed by atoms with Crippen molar-refractivity contribution in [2.24, 2.45) is 0 Å². The third-order valence-corrected chi connectivity index (χ3v) is 3.63. The van der Waals surface area contributed by atoms with E-state index in [1.165, 1.54) is 11.3 Å². The molecular formula is C14H12N2O2S. The first kappa shape index (κ1) is 13.3. The van der Waals surface area contributed by atoms with Crippen LogP contribution in [0, 0.1) is 11.3 Å². The van der Waals surface area contributed by atoms with Crippen molar-refractivity contribution in [3.05, 3.63) is 57.3 Å². The van der Waals surface area contributed by atoms with Crippen LogP contribution in [0.5, 0.6) is 0 Å². The van der Waals surface area contributed by atoms with Crippen LogP contribution in [0.2, 0.25) is 0 Å². The van der Waals surface area contributed by atoms with Gasteiger partial charge >= 0.3 is 5.97 Å². The second-order valence-electron chi connectivity index (χ2n) is 3.99. The quantitative estimate of drug-likeness (QED) is 0.877. The van der Waals surface area contributed by atoms with E-state index in [-0.39, 0.29) is 0 Å². The van der Waals surface area contributed by atoms with E-state index in [2.05, 4.69) is 11.4 Å². The molecule has 0 amide bonds. The third kappa shape index (κ3) is 3.65. The Kier molecular flexibility index (Phi) is 4.29. The minimum Gasteiger partial charge on any atom is -0.477 e. The molecular weight excluding hydrogens is 260 g/mol. The van der Waals surface area contributed by atoms with Gasteiger partial charge < -0.3 is 10.4 Å². The maximum absolute atomic E-state index is 10.7. The lowest BCUT2D eigenvalue weighted by Gasteiger charge is -2.03. The third-order valence-electron chi connectivity index (χ3n) is 2.56. The molecule has 0 unspecified atom stereocenters. The van der Waals surface area contributed by atoms with Gasteiger partial charge in [0, 0.05) is 18.0 Å².